The standard InChI is InChI=1S/C24H36N2O4/c1-24(2,3)20-11-14-26(17-21(20)27)23(29)18-8-7-13-25(16-18)22(28)12-15-30-19-9-5-4-6-10-19/h4-6,9-10,18,20-21,27H,7-8,11-17H2,1-3H3/t18-,20-,21-/m1/s1. The highest BCUT2D eigenvalue weighted by atomic mass is 16.5. The van der Waals surface area contributed by atoms with Crippen molar-refractivity contribution in [1.82, 2.24) is 9.80 Å². The first-order chi connectivity index (χ1) is 14.3. The third-order valence-corrected chi connectivity index (χ3v) is 6.46. The molecular weight excluding hydrogens is 380 g/mol. The number of benzene rings is 1. The van der Waals surface area contributed by atoms with Crippen molar-refractivity contribution in [2.24, 2.45) is 17.3 Å². The lowest BCUT2D eigenvalue weighted by Gasteiger charge is -2.44. The second kappa shape index (κ2) is 9.82. The molecular formula is C24H36N2O4. The van der Waals surface area contributed by atoms with Gasteiger partial charge in [-0.15, -0.1) is 0 Å². The lowest BCUT2D eigenvalue weighted by Crippen LogP contribution is -2.53. The molecule has 0 unspecified atom stereocenters. The second-order valence-electron chi connectivity index (χ2n) is 9.70. The molecule has 30 heavy (non-hydrogen) atoms. The fraction of sp³-hybridized carbons (Fsp3) is 0.667. The van der Waals surface area contributed by atoms with E-state index in [0.29, 0.717) is 39.2 Å². The number of amides is 2. The summed E-state index contributed by atoms with van der Waals surface area (Å²) >= 11 is 0. The fourth-order valence-corrected chi connectivity index (χ4v) is 4.74. The van der Waals surface area contributed by atoms with Gasteiger partial charge in [0.15, 0.2) is 0 Å². The minimum atomic E-state index is -0.487. The normalized spacial score (nSPS) is 25.1. The maximum Gasteiger partial charge on any atom is 0.227 e. The fourth-order valence-electron chi connectivity index (χ4n) is 4.74. The van der Waals surface area contributed by atoms with Crippen LogP contribution in [0.4, 0.5) is 0 Å². The molecule has 2 fully saturated rings. The molecule has 0 aromatic heterocycles. The number of hydrogen-bond donors (Lipinski definition) is 1. The number of ether oxygens (including phenoxy) is 1. The Labute approximate surface area is 180 Å². The van der Waals surface area contributed by atoms with Crippen molar-refractivity contribution in [2.75, 3.05) is 32.8 Å². The number of β-amino-alcohol motifs (C(OH)–C–C–N with tert-alkyl or cyclic N) is 1. The molecule has 3 atom stereocenters. The van der Waals surface area contributed by atoms with Crippen LogP contribution in [0.1, 0.15) is 46.5 Å². The smallest absolute Gasteiger partial charge is 0.227 e. The SMILES string of the molecule is CC(C)(C)[C@@H]1CCN(C(=O)[C@@H]2CCCN(C(=O)CCOc3ccccc3)C2)C[C@H]1O. The molecule has 0 aliphatic carbocycles. The molecule has 0 spiro atoms. The Hall–Kier alpha value is -2.08. The highest BCUT2D eigenvalue weighted by molar-refractivity contribution is 5.81. The van der Waals surface area contributed by atoms with Gasteiger partial charge >= 0.3 is 0 Å². The minimum Gasteiger partial charge on any atom is -0.493 e. The van der Waals surface area contributed by atoms with Crippen molar-refractivity contribution in [3.63, 3.8) is 0 Å². The Kier molecular flexibility index (Phi) is 7.40. The van der Waals surface area contributed by atoms with Gasteiger partial charge in [0, 0.05) is 26.2 Å². The molecule has 1 aromatic carbocycles. The van der Waals surface area contributed by atoms with E-state index in [1.807, 2.05) is 35.2 Å². The van der Waals surface area contributed by atoms with Crippen LogP contribution in [0.2, 0.25) is 0 Å². The number of aliphatic hydroxyl groups excluding tert-OH is 1. The summed E-state index contributed by atoms with van der Waals surface area (Å²) in [6, 6.07) is 9.47. The topological polar surface area (TPSA) is 70.1 Å². The highest BCUT2D eigenvalue weighted by Gasteiger charge is 2.39. The van der Waals surface area contributed by atoms with Crippen LogP contribution >= 0.6 is 0 Å². The summed E-state index contributed by atoms with van der Waals surface area (Å²) in [5, 5.41) is 10.6. The largest absolute Gasteiger partial charge is 0.493 e. The molecule has 6 nitrogen and oxygen atoms in total. The van der Waals surface area contributed by atoms with Crippen molar-refractivity contribution < 1.29 is 19.4 Å². The van der Waals surface area contributed by atoms with Gasteiger partial charge in [-0.2, -0.15) is 0 Å². The summed E-state index contributed by atoms with van der Waals surface area (Å²) in [7, 11) is 0. The number of carbonyl (C=O) groups excluding carboxylic acids is 2. The number of hydrogen-bond acceptors (Lipinski definition) is 4. The molecule has 6 heteroatoms. The van der Waals surface area contributed by atoms with Crippen molar-refractivity contribution in [1.29, 1.82) is 0 Å². The molecule has 2 heterocycles. The zero-order valence-electron chi connectivity index (χ0n) is 18.5. The third-order valence-electron chi connectivity index (χ3n) is 6.46. The number of nitrogens with zero attached hydrogens (tertiary/aromatic N) is 2. The van der Waals surface area contributed by atoms with Gasteiger partial charge in [-0.25, -0.2) is 0 Å². The summed E-state index contributed by atoms with van der Waals surface area (Å²) in [6.45, 7) is 9.02. The van der Waals surface area contributed by atoms with Crippen LogP contribution in [-0.4, -0.2) is 65.6 Å². The first-order valence-electron chi connectivity index (χ1n) is 11.2. The average Bonchev–Trinajstić information content (AvgIpc) is 2.73. The number of para-hydroxylation sites is 1. The van der Waals surface area contributed by atoms with E-state index in [0.717, 1.165) is 25.0 Å². The van der Waals surface area contributed by atoms with Gasteiger partial charge in [-0.1, -0.05) is 39.0 Å². The third kappa shape index (κ3) is 5.75. The Morgan fingerprint density at radius 2 is 1.80 bits per heavy atom. The quantitative estimate of drug-likeness (QED) is 0.801. The van der Waals surface area contributed by atoms with Crippen LogP contribution in [0.5, 0.6) is 5.75 Å². The number of carbonyl (C=O) groups is 2. The number of piperidine rings is 2. The molecule has 0 saturated carbocycles. The molecule has 2 aliphatic rings. The zero-order chi connectivity index (χ0) is 21.7. The zero-order valence-corrected chi connectivity index (χ0v) is 18.5. The predicted octanol–water partition coefficient (Wildman–Crippen LogP) is 2.95. The number of aliphatic hydroxyl groups is 1. The number of rotatable bonds is 5. The highest BCUT2D eigenvalue weighted by Crippen LogP contribution is 2.35. The van der Waals surface area contributed by atoms with E-state index < -0.39 is 6.10 Å². The lowest BCUT2D eigenvalue weighted by atomic mass is 9.73. The molecule has 3 rings (SSSR count). The molecule has 1 N–H and O–H groups in total. The van der Waals surface area contributed by atoms with E-state index in [1.54, 1.807) is 4.90 Å². The van der Waals surface area contributed by atoms with E-state index in [9.17, 15) is 14.7 Å². The van der Waals surface area contributed by atoms with Gasteiger partial charge < -0.3 is 19.6 Å². The van der Waals surface area contributed by atoms with Crippen LogP contribution in [-0.2, 0) is 9.59 Å². The molecule has 1 aromatic rings. The molecule has 2 aliphatic heterocycles. The first-order valence-corrected chi connectivity index (χ1v) is 11.2. The summed E-state index contributed by atoms with van der Waals surface area (Å²) in [4.78, 5) is 29.3. The molecule has 0 radical (unpaired) electrons. The van der Waals surface area contributed by atoms with Gasteiger partial charge in [0.25, 0.3) is 0 Å². The van der Waals surface area contributed by atoms with E-state index in [4.69, 9.17) is 4.74 Å². The second-order valence-corrected chi connectivity index (χ2v) is 9.70. The molecule has 166 valence electrons. The van der Waals surface area contributed by atoms with E-state index in [-0.39, 0.29) is 29.1 Å². The maximum atomic E-state index is 13.1. The van der Waals surface area contributed by atoms with Crippen LogP contribution in [0.25, 0.3) is 0 Å². The van der Waals surface area contributed by atoms with Gasteiger partial charge in [-0.3, -0.25) is 9.59 Å². The summed E-state index contributed by atoms with van der Waals surface area (Å²) in [6.07, 6.45) is 2.29. The average molecular weight is 417 g/mol. The van der Waals surface area contributed by atoms with Crippen molar-refractivity contribution >= 4 is 11.8 Å². The summed E-state index contributed by atoms with van der Waals surface area (Å²) < 4.78 is 5.64. The van der Waals surface area contributed by atoms with E-state index in [1.165, 1.54) is 0 Å². The number of likely N-dealkylation sites (tertiary alicyclic amines) is 2. The first kappa shape index (κ1) is 22.6. The Morgan fingerprint density at radius 1 is 1.07 bits per heavy atom. The predicted molar refractivity (Wildman–Crippen MR) is 116 cm³/mol. The van der Waals surface area contributed by atoms with Crippen LogP contribution in [0.3, 0.4) is 0 Å². The van der Waals surface area contributed by atoms with E-state index in [2.05, 4.69) is 20.8 Å². The molecule has 2 amide bonds. The maximum absolute atomic E-state index is 13.1. The summed E-state index contributed by atoms with van der Waals surface area (Å²) in [5.74, 6) is 0.912. The summed E-state index contributed by atoms with van der Waals surface area (Å²) in [5.41, 5.74) is 0.0322. The lowest BCUT2D eigenvalue weighted by molar-refractivity contribution is -0.145. The van der Waals surface area contributed by atoms with Crippen LogP contribution in [0, 0.1) is 17.3 Å². The van der Waals surface area contributed by atoms with Crippen molar-refractivity contribution in [3.05, 3.63) is 30.3 Å². The Bertz CT molecular complexity index is 716. The molecule has 2 saturated heterocycles. The molecule has 0 bridgehead atoms. The van der Waals surface area contributed by atoms with Crippen LogP contribution < -0.4 is 4.74 Å². The van der Waals surface area contributed by atoms with Gasteiger partial charge in [-0.05, 0) is 42.7 Å². The van der Waals surface area contributed by atoms with Gasteiger partial charge in [0.2, 0.25) is 11.8 Å². The monoisotopic (exact) mass is 416 g/mol. The Balaban J connectivity index is 1.48. The van der Waals surface area contributed by atoms with Gasteiger partial charge in [0.1, 0.15) is 5.75 Å². The van der Waals surface area contributed by atoms with E-state index >= 15 is 0 Å². The minimum absolute atomic E-state index is 0.0322. The van der Waals surface area contributed by atoms with Crippen LogP contribution in [0.15, 0.2) is 30.3 Å². The Morgan fingerprint density at radius 3 is 2.47 bits per heavy atom. The van der Waals surface area contributed by atoms with Crippen molar-refractivity contribution in [2.45, 2.75) is 52.6 Å². The van der Waals surface area contributed by atoms with Crippen molar-refractivity contribution in [3.8, 4) is 5.75 Å². The van der Waals surface area contributed by atoms with Gasteiger partial charge in [0.05, 0.1) is 25.0 Å².